The number of amides is 2. The second-order valence-corrected chi connectivity index (χ2v) is 7.37. The van der Waals surface area contributed by atoms with Crippen molar-refractivity contribution >= 4 is 28.5 Å². The molecule has 160 valence electrons. The molecule has 0 aliphatic carbocycles. The Kier molecular flexibility index (Phi) is 6.07. The summed E-state index contributed by atoms with van der Waals surface area (Å²) in [7, 11) is 0. The van der Waals surface area contributed by atoms with Gasteiger partial charge in [-0.1, -0.05) is 54.6 Å². The monoisotopic (exact) mass is 426 g/mol. The number of carbonyl (C=O) groups excluding carboxylic acids is 2. The fourth-order valence-corrected chi connectivity index (χ4v) is 3.50. The third-order valence-corrected chi connectivity index (χ3v) is 5.15. The molecule has 3 aromatic carbocycles. The first-order valence-corrected chi connectivity index (χ1v) is 10.2. The van der Waals surface area contributed by atoms with Crippen LogP contribution in [-0.2, 0) is 11.3 Å². The van der Waals surface area contributed by atoms with Crippen LogP contribution in [0.5, 0.6) is 0 Å². The molecule has 7 nitrogen and oxygen atoms in total. The highest BCUT2D eigenvalue weighted by molar-refractivity contribution is 6.04. The van der Waals surface area contributed by atoms with Gasteiger partial charge < -0.3 is 10.6 Å². The number of hydrogen-bond donors (Lipinski definition) is 2. The van der Waals surface area contributed by atoms with Gasteiger partial charge in [0.25, 0.3) is 11.5 Å². The Labute approximate surface area is 184 Å². The molecule has 0 saturated carbocycles. The fraction of sp³-hybridized carbons (Fsp3) is 0.120. The number of para-hydroxylation sites is 3. The summed E-state index contributed by atoms with van der Waals surface area (Å²) in [6.45, 7) is 1.70. The van der Waals surface area contributed by atoms with Gasteiger partial charge in [-0.3, -0.25) is 19.0 Å². The maximum absolute atomic E-state index is 12.9. The summed E-state index contributed by atoms with van der Waals surface area (Å²) in [4.78, 5) is 42.1. The van der Waals surface area contributed by atoms with Crippen molar-refractivity contribution in [1.29, 1.82) is 0 Å². The molecule has 4 aromatic rings. The van der Waals surface area contributed by atoms with Crippen LogP contribution in [0.1, 0.15) is 28.9 Å². The zero-order chi connectivity index (χ0) is 22.5. The average Bonchev–Trinajstić information content (AvgIpc) is 2.82. The molecule has 1 atom stereocenters. The van der Waals surface area contributed by atoms with E-state index < -0.39 is 5.91 Å². The third-order valence-electron chi connectivity index (χ3n) is 5.15. The zero-order valence-corrected chi connectivity index (χ0v) is 17.5. The van der Waals surface area contributed by atoms with Crippen molar-refractivity contribution in [3.63, 3.8) is 0 Å². The molecule has 0 aliphatic rings. The quantitative estimate of drug-likeness (QED) is 0.493. The third kappa shape index (κ3) is 4.57. The van der Waals surface area contributed by atoms with Crippen molar-refractivity contribution in [3.05, 3.63) is 107 Å². The van der Waals surface area contributed by atoms with Gasteiger partial charge in [0.05, 0.1) is 34.5 Å². The predicted molar refractivity (Wildman–Crippen MR) is 123 cm³/mol. The molecule has 0 fully saturated rings. The van der Waals surface area contributed by atoms with Gasteiger partial charge in [0, 0.05) is 0 Å². The van der Waals surface area contributed by atoms with Crippen LogP contribution >= 0.6 is 0 Å². The van der Waals surface area contributed by atoms with E-state index in [1.54, 1.807) is 42.5 Å². The van der Waals surface area contributed by atoms with Crippen LogP contribution in [0.15, 0.2) is 89.9 Å². The summed E-state index contributed by atoms with van der Waals surface area (Å²) in [6.07, 6.45) is 1.20. The molecular weight excluding hydrogens is 404 g/mol. The Balaban J connectivity index is 1.52. The van der Waals surface area contributed by atoms with E-state index in [9.17, 15) is 14.4 Å². The lowest BCUT2D eigenvalue weighted by molar-refractivity contribution is -0.116. The molecule has 2 amide bonds. The van der Waals surface area contributed by atoms with Gasteiger partial charge in [-0.25, -0.2) is 4.98 Å². The Hall–Kier alpha value is -4.26. The molecule has 1 heterocycles. The Morgan fingerprint density at radius 2 is 1.62 bits per heavy atom. The van der Waals surface area contributed by atoms with Gasteiger partial charge in [0.1, 0.15) is 6.54 Å². The molecule has 0 saturated heterocycles. The van der Waals surface area contributed by atoms with E-state index in [1.807, 2.05) is 43.3 Å². The lowest BCUT2D eigenvalue weighted by atomic mass is 10.1. The number of anilines is 1. The largest absolute Gasteiger partial charge is 0.345 e. The standard InChI is InChI=1S/C25H22N4O3/c1-17(18-9-3-2-4-10-18)27-25(32)19-11-5-6-12-20(19)28-23(30)16-29-22-14-8-7-13-21(22)26-15-24(29)31/h2-15,17H,16H2,1H3,(H,27,32)(H,28,30)/t17-/m0/s1. The van der Waals surface area contributed by atoms with Crippen molar-refractivity contribution in [3.8, 4) is 0 Å². The van der Waals surface area contributed by atoms with Crippen LogP contribution in [0, 0.1) is 0 Å². The average molecular weight is 426 g/mol. The van der Waals surface area contributed by atoms with Gasteiger partial charge in [-0.05, 0) is 36.8 Å². The first kappa shape index (κ1) is 21.0. The molecule has 0 spiro atoms. The van der Waals surface area contributed by atoms with Crippen LogP contribution in [0.25, 0.3) is 11.0 Å². The minimum atomic E-state index is -0.417. The molecule has 0 aliphatic heterocycles. The van der Waals surface area contributed by atoms with Crippen LogP contribution in [0.2, 0.25) is 0 Å². The van der Waals surface area contributed by atoms with Crippen molar-refractivity contribution in [2.75, 3.05) is 5.32 Å². The van der Waals surface area contributed by atoms with Crippen molar-refractivity contribution in [1.82, 2.24) is 14.9 Å². The van der Waals surface area contributed by atoms with Crippen LogP contribution in [0.3, 0.4) is 0 Å². The van der Waals surface area contributed by atoms with E-state index >= 15 is 0 Å². The Bertz CT molecular complexity index is 1330. The number of rotatable bonds is 6. The van der Waals surface area contributed by atoms with Gasteiger partial charge in [-0.2, -0.15) is 0 Å². The highest BCUT2D eigenvalue weighted by atomic mass is 16.2. The van der Waals surface area contributed by atoms with E-state index in [-0.39, 0.29) is 24.1 Å². The second kappa shape index (κ2) is 9.26. The van der Waals surface area contributed by atoms with E-state index in [4.69, 9.17) is 0 Å². The molecule has 4 rings (SSSR count). The lowest BCUT2D eigenvalue weighted by Gasteiger charge is -2.17. The first-order valence-electron chi connectivity index (χ1n) is 10.2. The number of fused-ring (bicyclic) bond motifs is 1. The number of benzene rings is 3. The number of hydrogen-bond acceptors (Lipinski definition) is 4. The summed E-state index contributed by atoms with van der Waals surface area (Å²) in [5, 5.41) is 5.72. The van der Waals surface area contributed by atoms with E-state index in [0.29, 0.717) is 22.3 Å². The number of nitrogens with one attached hydrogen (secondary N) is 2. The molecule has 1 aromatic heterocycles. The van der Waals surface area contributed by atoms with E-state index in [1.165, 1.54) is 10.8 Å². The first-order chi connectivity index (χ1) is 15.5. The molecular formula is C25H22N4O3. The molecule has 32 heavy (non-hydrogen) atoms. The fourth-order valence-electron chi connectivity index (χ4n) is 3.50. The molecule has 0 radical (unpaired) electrons. The van der Waals surface area contributed by atoms with Gasteiger partial charge in [0.15, 0.2) is 0 Å². The zero-order valence-electron chi connectivity index (χ0n) is 17.5. The van der Waals surface area contributed by atoms with Gasteiger partial charge >= 0.3 is 0 Å². The van der Waals surface area contributed by atoms with E-state index in [0.717, 1.165) is 5.56 Å². The van der Waals surface area contributed by atoms with Crippen molar-refractivity contribution in [2.24, 2.45) is 0 Å². The highest BCUT2D eigenvalue weighted by Crippen LogP contribution is 2.18. The summed E-state index contributed by atoms with van der Waals surface area (Å²) in [5.74, 6) is -0.719. The summed E-state index contributed by atoms with van der Waals surface area (Å²) >= 11 is 0. The molecule has 0 bridgehead atoms. The topological polar surface area (TPSA) is 93.1 Å². The number of nitrogens with zero attached hydrogens (tertiary/aromatic N) is 2. The summed E-state index contributed by atoms with van der Waals surface area (Å²) < 4.78 is 1.36. The Morgan fingerprint density at radius 1 is 0.938 bits per heavy atom. The van der Waals surface area contributed by atoms with Gasteiger partial charge in [0.2, 0.25) is 5.91 Å². The maximum atomic E-state index is 12.9. The predicted octanol–water partition coefficient (Wildman–Crippen LogP) is 3.53. The smallest absolute Gasteiger partial charge is 0.269 e. The van der Waals surface area contributed by atoms with Crippen LogP contribution in [0.4, 0.5) is 5.69 Å². The van der Waals surface area contributed by atoms with Gasteiger partial charge in [-0.15, -0.1) is 0 Å². The van der Waals surface area contributed by atoms with Crippen LogP contribution in [-0.4, -0.2) is 21.4 Å². The number of aromatic nitrogens is 2. The normalized spacial score (nSPS) is 11.7. The van der Waals surface area contributed by atoms with E-state index in [2.05, 4.69) is 15.6 Å². The molecule has 7 heteroatoms. The summed E-state index contributed by atoms with van der Waals surface area (Å²) in [5.41, 5.74) is 2.51. The minimum Gasteiger partial charge on any atom is -0.345 e. The minimum absolute atomic E-state index is 0.196. The maximum Gasteiger partial charge on any atom is 0.269 e. The Morgan fingerprint density at radius 3 is 2.44 bits per heavy atom. The second-order valence-electron chi connectivity index (χ2n) is 7.37. The van der Waals surface area contributed by atoms with Crippen LogP contribution < -0.4 is 16.2 Å². The highest BCUT2D eigenvalue weighted by Gasteiger charge is 2.17. The van der Waals surface area contributed by atoms with Crippen molar-refractivity contribution in [2.45, 2.75) is 19.5 Å². The molecule has 2 N–H and O–H groups in total. The number of carbonyl (C=O) groups is 2. The molecule has 0 unspecified atom stereocenters. The summed E-state index contributed by atoms with van der Waals surface area (Å²) in [6, 6.07) is 23.3. The van der Waals surface area contributed by atoms with Crippen molar-refractivity contribution < 1.29 is 9.59 Å². The SMILES string of the molecule is C[C@H](NC(=O)c1ccccc1NC(=O)Cn1c(=O)cnc2ccccc21)c1ccccc1. The lowest BCUT2D eigenvalue weighted by Crippen LogP contribution is -2.30.